The van der Waals surface area contributed by atoms with Crippen LogP contribution in [0.5, 0.6) is 0 Å². The highest BCUT2D eigenvalue weighted by Crippen LogP contribution is 2.15. The molecule has 1 aromatic heterocycles. The average molecular weight is 389 g/mol. The van der Waals surface area contributed by atoms with E-state index < -0.39 is 18.5 Å². The number of amides is 2. The molecule has 7 nitrogen and oxygen atoms in total. The second-order valence-electron chi connectivity index (χ2n) is 6.07. The molecular formula is C22H19N3O4. The lowest BCUT2D eigenvalue weighted by Crippen LogP contribution is -2.26. The van der Waals surface area contributed by atoms with E-state index in [-0.39, 0.29) is 5.91 Å². The summed E-state index contributed by atoms with van der Waals surface area (Å²) < 4.78 is 4.99. The number of nitrogens with one attached hydrogen (secondary N) is 2. The van der Waals surface area contributed by atoms with E-state index in [2.05, 4.69) is 15.6 Å². The molecule has 1 heterocycles. The molecule has 0 unspecified atom stereocenters. The normalized spacial score (nSPS) is 10.1. The monoisotopic (exact) mass is 389 g/mol. The molecule has 146 valence electrons. The first-order valence-electron chi connectivity index (χ1n) is 8.91. The first-order chi connectivity index (χ1) is 14.1. The zero-order valence-electron chi connectivity index (χ0n) is 15.5. The zero-order chi connectivity index (χ0) is 20.5. The molecule has 0 fully saturated rings. The summed E-state index contributed by atoms with van der Waals surface area (Å²) in [6, 6.07) is 19.1. The molecule has 3 rings (SSSR count). The van der Waals surface area contributed by atoms with Gasteiger partial charge in [0.25, 0.3) is 11.8 Å². The van der Waals surface area contributed by atoms with E-state index in [0.29, 0.717) is 23.4 Å². The van der Waals surface area contributed by atoms with E-state index in [0.717, 1.165) is 5.56 Å². The van der Waals surface area contributed by atoms with Crippen LogP contribution in [0.25, 0.3) is 0 Å². The Morgan fingerprint density at radius 3 is 2.31 bits per heavy atom. The predicted octanol–water partition coefficient (Wildman–Crippen LogP) is 2.81. The molecule has 3 aromatic rings. The lowest BCUT2D eigenvalue weighted by molar-refractivity contribution is -0.119. The van der Waals surface area contributed by atoms with Crippen LogP contribution in [0.15, 0.2) is 79.1 Å². The molecule has 2 N–H and O–H groups in total. The van der Waals surface area contributed by atoms with Gasteiger partial charge in [-0.25, -0.2) is 4.79 Å². The van der Waals surface area contributed by atoms with Crippen LogP contribution in [-0.4, -0.2) is 29.4 Å². The molecule has 7 heteroatoms. The minimum absolute atomic E-state index is 0.300. The number of benzene rings is 2. The molecule has 0 bridgehead atoms. The van der Waals surface area contributed by atoms with E-state index in [1.807, 2.05) is 30.3 Å². The van der Waals surface area contributed by atoms with E-state index in [1.54, 1.807) is 24.3 Å². The number of esters is 1. The first kappa shape index (κ1) is 19.8. The molecule has 0 spiro atoms. The molecule has 0 radical (unpaired) electrons. The topological polar surface area (TPSA) is 97.4 Å². The molecule has 2 aromatic carbocycles. The average Bonchev–Trinajstić information content (AvgIpc) is 2.77. The number of carbonyl (C=O) groups is 3. The number of hydrogen-bond donors (Lipinski definition) is 2. The zero-order valence-corrected chi connectivity index (χ0v) is 15.5. The van der Waals surface area contributed by atoms with Crippen LogP contribution >= 0.6 is 0 Å². The number of aromatic nitrogens is 1. The third-order valence-corrected chi connectivity index (χ3v) is 3.99. The minimum atomic E-state index is -0.628. The number of ether oxygens (including phenoxy) is 1. The van der Waals surface area contributed by atoms with Gasteiger partial charge in [-0.1, -0.05) is 42.5 Å². The maximum atomic E-state index is 12.5. The predicted molar refractivity (Wildman–Crippen MR) is 107 cm³/mol. The summed E-state index contributed by atoms with van der Waals surface area (Å²) in [5, 5.41) is 5.43. The molecule has 29 heavy (non-hydrogen) atoms. The van der Waals surface area contributed by atoms with Crippen molar-refractivity contribution in [3.8, 4) is 0 Å². The van der Waals surface area contributed by atoms with Crippen LogP contribution < -0.4 is 10.6 Å². The van der Waals surface area contributed by atoms with Crippen LogP contribution in [0.3, 0.4) is 0 Å². The number of pyridine rings is 1. The third-order valence-electron chi connectivity index (χ3n) is 3.99. The maximum absolute atomic E-state index is 12.5. The van der Waals surface area contributed by atoms with Gasteiger partial charge in [-0.05, 0) is 29.8 Å². The number of anilines is 1. The number of rotatable bonds is 7. The number of para-hydroxylation sites is 1. The molecule has 0 saturated carbocycles. The molecule has 0 saturated heterocycles. The molecule has 0 aliphatic rings. The fraction of sp³-hybridized carbons (Fsp3) is 0.0909. The molecule has 2 amide bonds. The van der Waals surface area contributed by atoms with E-state index in [4.69, 9.17) is 4.74 Å². The Labute approximate surface area is 167 Å². The van der Waals surface area contributed by atoms with Crippen LogP contribution in [0.1, 0.15) is 26.3 Å². The number of hydrogen-bond acceptors (Lipinski definition) is 5. The van der Waals surface area contributed by atoms with E-state index >= 15 is 0 Å². The second kappa shape index (κ2) is 9.80. The van der Waals surface area contributed by atoms with Crippen molar-refractivity contribution >= 4 is 23.5 Å². The molecule has 0 aliphatic heterocycles. The van der Waals surface area contributed by atoms with Crippen molar-refractivity contribution in [2.24, 2.45) is 0 Å². The van der Waals surface area contributed by atoms with Crippen molar-refractivity contribution in [1.82, 2.24) is 10.3 Å². The Hall–Kier alpha value is -4.00. The van der Waals surface area contributed by atoms with Gasteiger partial charge >= 0.3 is 5.97 Å². The van der Waals surface area contributed by atoms with Crippen LogP contribution in [0, 0.1) is 0 Å². The summed E-state index contributed by atoms with van der Waals surface area (Å²) in [6.07, 6.45) is 2.92. The summed E-state index contributed by atoms with van der Waals surface area (Å²) in [4.78, 5) is 40.4. The Bertz CT molecular complexity index is 991. The lowest BCUT2D eigenvalue weighted by atomic mass is 10.1. The first-order valence-corrected chi connectivity index (χ1v) is 8.91. The quantitative estimate of drug-likeness (QED) is 0.606. The minimum Gasteiger partial charge on any atom is -0.452 e. The molecule has 0 aliphatic carbocycles. The lowest BCUT2D eigenvalue weighted by Gasteiger charge is -2.12. The van der Waals surface area contributed by atoms with Gasteiger partial charge in [0.2, 0.25) is 0 Å². The van der Waals surface area contributed by atoms with Crippen molar-refractivity contribution in [2.75, 3.05) is 11.9 Å². The third kappa shape index (κ3) is 5.74. The smallest absolute Gasteiger partial charge is 0.338 e. The van der Waals surface area contributed by atoms with Crippen molar-refractivity contribution in [1.29, 1.82) is 0 Å². The largest absolute Gasteiger partial charge is 0.452 e. The van der Waals surface area contributed by atoms with E-state index in [9.17, 15) is 14.4 Å². The van der Waals surface area contributed by atoms with Crippen molar-refractivity contribution < 1.29 is 19.1 Å². The summed E-state index contributed by atoms with van der Waals surface area (Å²) in [6.45, 7) is -0.105. The molecular weight excluding hydrogens is 370 g/mol. The highest BCUT2D eigenvalue weighted by Gasteiger charge is 2.14. The van der Waals surface area contributed by atoms with Gasteiger partial charge < -0.3 is 15.4 Å². The fourth-order valence-corrected chi connectivity index (χ4v) is 2.55. The Kier molecular flexibility index (Phi) is 6.67. The summed E-state index contributed by atoms with van der Waals surface area (Å²) in [5.74, 6) is -1.49. The summed E-state index contributed by atoms with van der Waals surface area (Å²) in [7, 11) is 0. The van der Waals surface area contributed by atoms with Crippen molar-refractivity contribution in [3.05, 3.63) is 95.8 Å². The second-order valence-corrected chi connectivity index (χ2v) is 6.07. The van der Waals surface area contributed by atoms with Crippen molar-refractivity contribution in [3.63, 3.8) is 0 Å². The Balaban J connectivity index is 1.57. The Morgan fingerprint density at radius 1 is 0.862 bits per heavy atom. The highest BCUT2D eigenvalue weighted by atomic mass is 16.5. The van der Waals surface area contributed by atoms with Gasteiger partial charge in [0, 0.05) is 18.9 Å². The maximum Gasteiger partial charge on any atom is 0.338 e. The van der Waals surface area contributed by atoms with Gasteiger partial charge in [0.15, 0.2) is 6.61 Å². The van der Waals surface area contributed by atoms with Crippen molar-refractivity contribution in [2.45, 2.75) is 6.54 Å². The SMILES string of the molecule is O=C(COC(=O)c1ccncc1)Nc1ccccc1C(=O)NCc1ccccc1. The standard InChI is InChI=1S/C22H19N3O4/c26-20(15-29-22(28)17-10-12-23-13-11-17)25-19-9-5-4-8-18(19)21(27)24-14-16-6-2-1-3-7-16/h1-13H,14-15H2,(H,24,27)(H,25,26). The highest BCUT2D eigenvalue weighted by molar-refractivity contribution is 6.04. The number of nitrogens with zero attached hydrogens (tertiary/aromatic N) is 1. The van der Waals surface area contributed by atoms with Gasteiger partial charge in [0.05, 0.1) is 16.8 Å². The van der Waals surface area contributed by atoms with Crippen LogP contribution in [-0.2, 0) is 16.1 Å². The van der Waals surface area contributed by atoms with Crippen LogP contribution in [0.2, 0.25) is 0 Å². The summed E-state index contributed by atoms with van der Waals surface area (Å²) in [5.41, 5.74) is 1.92. The Morgan fingerprint density at radius 2 is 1.55 bits per heavy atom. The van der Waals surface area contributed by atoms with Gasteiger partial charge in [-0.2, -0.15) is 0 Å². The van der Waals surface area contributed by atoms with Gasteiger partial charge in [-0.3, -0.25) is 14.6 Å². The van der Waals surface area contributed by atoms with Gasteiger partial charge in [-0.15, -0.1) is 0 Å². The fourth-order valence-electron chi connectivity index (χ4n) is 2.55. The van der Waals surface area contributed by atoms with Crippen LogP contribution in [0.4, 0.5) is 5.69 Å². The number of carbonyl (C=O) groups excluding carboxylic acids is 3. The van der Waals surface area contributed by atoms with Gasteiger partial charge in [0.1, 0.15) is 0 Å². The molecule has 0 atom stereocenters. The summed E-state index contributed by atoms with van der Waals surface area (Å²) >= 11 is 0. The van der Waals surface area contributed by atoms with E-state index in [1.165, 1.54) is 24.5 Å².